The minimum absolute atomic E-state index is 0.00168. The Balaban J connectivity index is 2.76. The monoisotopic (exact) mass is 272 g/mol. The third kappa shape index (κ3) is 3.97. The standard InChI is InChI=1S/C11H13ClN2O4/c1-18-6-2-5-13-11(15)9-4-3-8(12)7-10(9)14(16)17/h3-4,7H,2,5-6H2,1H3,(H,13,15). The lowest BCUT2D eigenvalue weighted by Gasteiger charge is -2.05. The SMILES string of the molecule is COCCCNC(=O)c1ccc(Cl)cc1[N+](=O)[O-]. The fourth-order valence-electron chi connectivity index (χ4n) is 1.36. The molecule has 0 saturated carbocycles. The maximum atomic E-state index is 11.7. The van der Waals surface area contributed by atoms with Gasteiger partial charge < -0.3 is 10.1 Å². The van der Waals surface area contributed by atoms with Crippen molar-refractivity contribution >= 4 is 23.2 Å². The van der Waals surface area contributed by atoms with E-state index in [1.54, 1.807) is 7.11 Å². The number of hydrogen-bond acceptors (Lipinski definition) is 4. The average molecular weight is 273 g/mol. The summed E-state index contributed by atoms with van der Waals surface area (Å²) in [5.74, 6) is -0.491. The first kappa shape index (κ1) is 14.4. The normalized spacial score (nSPS) is 10.1. The molecule has 1 rings (SSSR count). The predicted octanol–water partition coefficient (Wildman–Crippen LogP) is 2.01. The first-order chi connectivity index (χ1) is 8.56. The molecular formula is C11H13ClN2O4. The number of halogens is 1. The first-order valence-electron chi connectivity index (χ1n) is 5.27. The summed E-state index contributed by atoms with van der Waals surface area (Å²) in [6, 6.07) is 3.94. The summed E-state index contributed by atoms with van der Waals surface area (Å²) < 4.78 is 4.83. The number of hydrogen-bond donors (Lipinski definition) is 1. The molecule has 18 heavy (non-hydrogen) atoms. The number of ether oxygens (including phenoxy) is 1. The molecule has 1 aromatic rings. The number of methoxy groups -OCH3 is 1. The summed E-state index contributed by atoms with van der Waals surface area (Å²) in [5, 5.41) is 13.6. The minimum atomic E-state index is -0.629. The topological polar surface area (TPSA) is 81.5 Å². The van der Waals surface area contributed by atoms with Crippen molar-refractivity contribution in [2.45, 2.75) is 6.42 Å². The predicted molar refractivity (Wildman–Crippen MR) is 66.9 cm³/mol. The van der Waals surface area contributed by atoms with Crippen LogP contribution in [0.1, 0.15) is 16.8 Å². The van der Waals surface area contributed by atoms with Gasteiger partial charge in [0.05, 0.1) is 4.92 Å². The maximum absolute atomic E-state index is 11.7. The van der Waals surface area contributed by atoms with Crippen molar-refractivity contribution in [2.24, 2.45) is 0 Å². The van der Waals surface area contributed by atoms with Crippen LogP contribution in [-0.4, -0.2) is 31.1 Å². The number of carbonyl (C=O) groups excluding carboxylic acids is 1. The Morgan fingerprint density at radius 1 is 1.56 bits per heavy atom. The van der Waals surface area contributed by atoms with Gasteiger partial charge in [0, 0.05) is 31.4 Å². The lowest BCUT2D eigenvalue weighted by molar-refractivity contribution is -0.385. The molecule has 0 unspecified atom stereocenters. The van der Waals surface area contributed by atoms with Crippen LogP contribution >= 0.6 is 11.6 Å². The van der Waals surface area contributed by atoms with Gasteiger partial charge in [-0.3, -0.25) is 14.9 Å². The van der Waals surface area contributed by atoms with Gasteiger partial charge in [-0.15, -0.1) is 0 Å². The molecule has 6 nitrogen and oxygen atoms in total. The minimum Gasteiger partial charge on any atom is -0.385 e. The molecule has 1 N–H and O–H groups in total. The van der Waals surface area contributed by atoms with Crippen LogP contribution in [-0.2, 0) is 4.74 Å². The van der Waals surface area contributed by atoms with E-state index in [0.717, 1.165) is 6.07 Å². The van der Waals surface area contributed by atoms with Crippen LogP contribution < -0.4 is 5.32 Å². The molecular weight excluding hydrogens is 260 g/mol. The van der Waals surface area contributed by atoms with E-state index in [1.807, 2.05) is 0 Å². The van der Waals surface area contributed by atoms with E-state index < -0.39 is 10.8 Å². The largest absolute Gasteiger partial charge is 0.385 e. The van der Waals surface area contributed by atoms with Gasteiger partial charge in [-0.1, -0.05) is 11.6 Å². The molecule has 1 aromatic carbocycles. The second-order valence-electron chi connectivity index (χ2n) is 3.52. The van der Waals surface area contributed by atoms with Crippen molar-refractivity contribution in [1.29, 1.82) is 0 Å². The number of nitro groups is 1. The number of rotatable bonds is 6. The Morgan fingerprint density at radius 2 is 2.28 bits per heavy atom. The van der Waals surface area contributed by atoms with E-state index in [4.69, 9.17) is 16.3 Å². The Kier molecular flexibility index (Phi) is 5.54. The van der Waals surface area contributed by atoms with E-state index in [9.17, 15) is 14.9 Å². The molecule has 0 aliphatic carbocycles. The van der Waals surface area contributed by atoms with E-state index in [0.29, 0.717) is 19.6 Å². The van der Waals surface area contributed by atoms with Crippen molar-refractivity contribution in [3.05, 3.63) is 38.9 Å². The zero-order chi connectivity index (χ0) is 13.5. The van der Waals surface area contributed by atoms with Gasteiger partial charge in [0.1, 0.15) is 5.56 Å². The zero-order valence-electron chi connectivity index (χ0n) is 9.81. The third-order valence-electron chi connectivity index (χ3n) is 2.21. The second-order valence-corrected chi connectivity index (χ2v) is 3.96. The molecule has 0 aliphatic heterocycles. The van der Waals surface area contributed by atoms with Crippen molar-refractivity contribution in [2.75, 3.05) is 20.3 Å². The van der Waals surface area contributed by atoms with Crippen LogP contribution in [0.2, 0.25) is 5.02 Å². The van der Waals surface area contributed by atoms with Gasteiger partial charge in [0.15, 0.2) is 0 Å². The van der Waals surface area contributed by atoms with Gasteiger partial charge in [-0.25, -0.2) is 0 Å². The highest BCUT2D eigenvalue weighted by Crippen LogP contribution is 2.22. The van der Waals surface area contributed by atoms with Crippen molar-refractivity contribution in [3.63, 3.8) is 0 Å². The van der Waals surface area contributed by atoms with Crippen LogP contribution in [0.5, 0.6) is 0 Å². The van der Waals surface area contributed by atoms with Gasteiger partial charge in [-0.05, 0) is 18.6 Å². The van der Waals surface area contributed by atoms with Crippen molar-refractivity contribution in [1.82, 2.24) is 5.32 Å². The van der Waals surface area contributed by atoms with Gasteiger partial charge in [0.25, 0.3) is 11.6 Å². The maximum Gasteiger partial charge on any atom is 0.283 e. The first-order valence-corrected chi connectivity index (χ1v) is 5.65. The van der Waals surface area contributed by atoms with E-state index in [1.165, 1.54) is 12.1 Å². The van der Waals surface area contributed by atoms with E-state index in [2.05, 4.69) is 5.32 Å². The van der Waals surface area contributed by atoms with Crippen molar-refractivity contribution < 1.29 is 14.5 Å². The molecule has 0 radical (unpaired) electrons. The van der Waals surface area contributed by atoms with Gasteiger partial charge >= 0.3 is 0 Å². The second kappa shape index (κ2) is 6.93. The van der Waals surface area contributed by atoms with E-state index >= 15 is 0 Å². The number of nitrogens with one attached hydrogen (secondary N) is 1. The Bertz CT molecular complexity index is 451. The van der Waals surface area contributed by atoms with Gasteiger partial charge in [-0.2, -0.15) is 0 Å². The molecule has 0 aliphatic rings. The number of nitrogens with zero attached hydrogens (tertiary/aromatic N) is 1. The zero-order valence-corrected chi connectivity index (χ0v) is 10.6. The lowest BCUT2D eigenvalue weighted by atomic mass is 10.1. The Hall–Kier alpha value is -1.66. The summed E-state index contributed by atoms with van der Waals surface area (Å²) in [5.41, 5.74) is -0.298. The van der Waals surface area contributed by atoms with Crippen LogP contribution in [0, 0.1) is 10.1 Å². The molecule has 1 amide bonds. The summed E-state index contributed by atoms with van der Waals surface area (Å²) in [6.45, 7) is 0.912. The third-order valence-corrected chi connectivity index (χ3v) is 2.45. The quantitative estimate of drug-likeness (QED) is 0.488. The number of carbonyl (C=O) groups is 1. The molecule has 0 aromatic heterocycles. The molecule has 0 heterocycles. The fraction of sp³-hybridized carbons (Fsp3) is 0.364. The molecule has 7 heteroatoms. The van der Waals surface area contributed by atoms with Gasteiger partial charge in [0.2, 0.25) is 0 Å². The number of nitro benzene ring substituents is 1. The number of amides is 1. The highest BCUT2D eigenvalue weighted by molar-refractivity contribution is 6.31. The molecule has 0 saturated heterocycles. The summed E-state index contributed by atoms with van der Waals surface area (Å²) in [4.78, 5) is 21.9. The van der Waals surface area contributed by atoms with Crippen LogP contribution in [0.3, 0.4) is 0 Å². The summed E-state index contributed by atoms with van der Waals surface area (Å²) in [6.07, 6.45) is 0.642. The highest BCUT2D eigenvalue weighted by atomic mass is 35.5. The molecule has 0 fully saturated rings. The molecule has 98 valence electrons. The lowest BCUT2D eigenvalue weighted by Crippen LogP contribution is -2.25. The van der Waals surface area contributed by atoms with Crippen LogP contribution in [0.25, 0.3) is 0 Å². The summed E-state index contributed by atoms with van der Waals surface area (Å²) >= 11 is 5.66. The van der Waals surface area contributed by atoms with E-state index in [-0.39, 0.29) is 16.3 Å². The van der Waals surface area contributed by atoms with Crippen molar-refractivity contribution in [3.8, 4) is 0 Å². The highest BCUT2D eigenvalue weighted by Gasteiger charge is 2.19. The van der Waals surface area contributed by atoms with Crippen LogP contribution in [0.4, 0.5) is 5.69 Å². The Morgan fingerprint density at radius 3 is 2.89 bits per heavy atom. The number of benzene rings is 1. The smallest absolute Gasteiger partial charge is 0.283 e. The summed E-state index contributed by atoms with van der Waals surface area (Å²) in [7, 11) is 1.56. The molecule has 0 atom stereocenters. The van der Waals surface area contributed by atoms with Crippen LogP contribution in [0.15, 0.2) is 18.2 Å². The molecule has 0 spiro atoms. The average Bonchev–Trinajstić information content (AvgIpc) is 2.34. The fourth-order valence-corrected chi connectivity index (χ4v) is 1.53. The molecule has 0 bridgehead atoms. The Labute approximate surface area is 109 Å².